The van der Waals surface area contributed by atoms with Crippen LogP contribution >= 0.6 is 0 Å². The molecule has 0 saturated carbocycles. The highest BCUT2D eigenvalue weighted by molar-refractivity contribution is 4.99. The lowest BCUT2D eigenvalue weighted by atomic mass is 10.2. The van der Waals surface area contributed by atoms with Gasteiger partial charge in [0.2, 0.25) is 0 Å². The van der Waals surface area contributed by atoms with Gasteiger partial charge in [-0.2, -0.15) is 13.2 Å². The molecule has 1 aliphatic rings. The minimum absolute atomic E-state index is 0.0514. The standard InChI is InChI=1S/C11H15F3N2O/c12-11(13,14)10-7-15-4-2-5-16(10)8-9-3-1-6-17-9/h1,3,6,10,15H,2,4-5,7-8H2. The highest BCUT2D eigenvalue weighted by Crippen LogP contribution is 2.27. The lowest BCUT2D eigenvalue weighted by Crippen LogP contribution is -2.49. The fourth-order valence-corrected chi connectivity index (χ4v) is 2.05. The number of nitrogens with one attached hydrogen (secondary N) is 1. The Hall–Kier alpha value is -1.01. The Kier molecular flexibility index (Phi) is 3.73. The SMILES string of the molecule is FC(F)(F)C1CNCCCN1Cc1ccco1. The molecule has 2 heterocycles. The van der Waals surface area contributed by atoms with E-state index in [1.165, 1.54) is 11.2 Å². The zero-order valence-corrected chi connectivity index (χ0v) is 9.33. The summed E-state index contributed by atoms with van der Waals surface area (Å²) in [7, 11) is 0. The van der Waals surface area contributed by atoms with Crippen LogP contribution in [0.3, 0.4) is 0 Å². The molecule has 1 aromatic heterocycles. The van der Waals surface area contributed by atoms with E-state index >= 15 is 0 Å². The van der Waals surface area contributed by atoms with Crippen LogP contribution in [0.4, 0.5) is 13.2 Å². The fourth-order valence-electron chi connectivity index (χ4n) is 2.05. The van der Waals surface area contributed by atoms with E-state index in [9.17, 15) is 13.2 Å². The number of hydrogen-bond donors (Lipinski definition) is 1. The average Bonchev–Trinajstić information content (AvgIpc) is 2.61. The summed E-state index contributed by atoms with van der Waals surface area (Å²) in [4.78, 5) is 1.43. The van der Waals surface area contributed by atoms with Gasteiger partial charge in [-0.05, 0) is 25.1 Å². The van der Waals surface area contributed by atoms with E-state index in [4.69, 9.17) is 4.42 Å². The van der Waals surface area contributed by atoms with Crippen molar-refractivity contribution in [1.82, 2.24) is 10.2 Å². The van der Waals surface area contributed by atoms with Gasteiger partial charge >= 0.3 is 6.18 Å². The number of alkyl halides is 3. The van der Waals surface area contributed by atoms with Crippen LogP contribution in [0.5, 0.6) is 0 Å². The molecule has 3 nitrogen and oxygen atoms in total. The van der Waals surface area contributed by atoms with Crippen molar-refractivity contribution < 1.29 is 17.6 Å². The van der Waals surface area contributed by atoms with Crippen molar-refractivity contribution in [3.8, 4) is 0 Å². The predicted molar refractivity (Wildman–Crippen MR) is 56.4 cm³/mol. The monoisotopic (exact) mass is 248 g/mol. The van der Waals surface area contributed by atoms with Crippen molar-refractivity contribution in [2.75, 3.05) is 19.6 Å². The number of furan rings is 1. The molecule has 17 heavy (non-hydrogen) atoms. The first-order valence-electron chi connectivity index (χ1n) is 5.61. The van der Waals surface area contributed by atoms with E-state index < -0.39 is 12.2 Å². The van der Waals surface area contributed by atoms with Crippen LogP contribution in [-0.2, 0) is 6.54 Å². The van der Waals surface area contributed by atoms with Crippen LogP contribution < -0.4 is 5.32 Å². The van der Waals surface area contributed by atoms with Crippen LogP contribution in [0.15, 0.2) is 22.8 Å². The first-order chi connectivity index (χ1) is 8.07. The van der Waals surface area contributed by atoms with Gasteiger partial charge in [-0.3, -0.25) is 4.90 Å². The van der Waals surface area contributed by atoms with Gasteiger partial charge in [0.1, 0.15) is 11.8 Å². The lowest BCUT2D eigenvalue weighted by molar-refractivity contribution is -0.182. The molecular formula is C11H15F3N2O. The molecule has 1 fully saturated rings. The van der Waals surface area contributed by atoms with E-state index in [-0.39, 0.29) is 13.1 Å². The summed E-state index contributed by atoms with van der Waals surface area (Å²) in [6, 6.07) is 1.95. The zero-order chi connectivity index (χ0) is 12.3. The quantitative estimate of drug-likeness (QED) is 0.867. The molecule has 0 aliphatic carbocycles. The third kappa shape index (κ3) is 3.23. The molecule has 1 unspecified atom stereocenters. The van der Waals surface area contributed by atoms with Crippen molar-refractivity contribution >= 4 is 0 Å². The maximum absolute atomic E-state index is 12.9. The van der Waals surface area contributed by atoms with Gasteiger partial charge in [0, 0.05) is 13.1 Å². The van der Waals surface area contributed by atoms with Crippen LogP contribution in [0.2, 0.25) is 0 Å². The Bertz CT molecular complexity index is 337. The molecule has 96 valence electrons. The second-order valence-corrected chi connectivity index (χ2v) is 4.16. The second kappa shape index (κ2) is 5.10. The van der Waals surface area contributed by atoms with Gasteiger partial charge in [0.25, 0.3) is 0 Å². The Morgan fingerprint density at radius 2 is 2.29 bits per heavy atom. The topological polar surface area (TPSA) is 28.4 Å². The van der Waals surface area contributed by atoms with E-state index in [0.29, 0.717) is 25.3 Å². The summed E-state index contributed by atoms with van der Waals surface area (Å²) >= 11 is 0. The Morgan fingerprint density at radius 3 is 2.94 bits per heavy atom. The number of rotatable bonds is 2. The maximum Gasteiger partial charge on any atom is 0.405 e. The van der Waals surface area contributed by atoms with Gasteiger partial charge in [-0.1, -0.05) is 0 Å². The van der Waals surface area contributed by atoms with Crippen molar-refractivity contribution in [2.45, 2.75) is 25.2 Å². The number of nitrogens with zero attached hydrogens (tertiary/aromatic N) is 1. The molecule has 1 aliphatic heterocycles. The zero-order valence-electron chi connectivity index (χ0n) is 9.33. The molecule has 2 rings (SSSR count). The smallest absolute Gasteiger partial charge is 0.405 e. The van der Waals surface area contributed by atoms with E-state index in [1.54, 1.807) is 12.1 Å². The summed E-state index contributed by atoms with van der Waals surface area (Å²) in [5, 5.41) is 2.82. The van der Waals surface area contributed by atoms with Crippen molar-refractivity contribution in [3.05, 3.63) is 24.2 Å². The lowest BCUT2D eigenvalue weighted by Gasteiger charge is -2.30. The van der Waals surface area contributed by atoms with E-state index in [0.717, 1.165) is 0 Å². The largest absolute Gasteiger partial charge is 0.468 e. The minimum Gasteiger partial charge on any atom is -0.468 e. The summed E-state index contributed by atoms with van der Waals surface area (Å²) in [5.41, 5.74) is 0. The van der Waals surface area contributed by atoms with Gasteiger partial charge in [0.05, 0.1) is 12.8 Å². The van der Waals surface area contributed by atoms with Gasteiger partial charge < -0.3 is 9.73 Å². The highest BCUT2D eigenvalue weighted by Gasteiger charge is 2.43. The molecule has 0 spiro atoms. The van der Waals surface area contributed by atoms with E-state index in [1.807, 2.05) is 0 Å². The summed E-state index contributed by atoms with van der Waals surface area (Å²) in [6.45, 7) is 1.21. The third-order valence-electron chi connectivity index (χ3n) is 2.89. The van der Waals surface area contributed by atoms with E-state index in [2.05, 4.69) is 5.32 Å². The molecule has 1 saturated heterocycles. The second-order valence-electron chi connectivity index (χ2n) is 4.16. The van der Waals surface area contributed by atoms with Crippen LogP contribution in [-0.4, -0.2) is 36.8 Å². The molecule has 0 radical (unpaired) electrons. The molecule has 0 aromatic carbocycles. The third-order valence-corrected chi connectivity index (χ3v) is 2.89. The minimum atomic E-state index is -4.20. The predicted octanol–water partition coefficient (Wildman–Crippen LogP) is 2.01. The normalized spacial score (nSPS) is 23.6. The Morgan fingerprint density at radius 1 is 1.47 bits per heavy atom. The fraction of sp³-hybridized carbons (Fsp3) is 0.636. The maximum atomic E-state index is 12.9. The van der Waals surface area contributed by atoms with Crippen LogP contribution in [0.25, 0.3) is 0 Å². The van der Waals surface area contributed by atoms with Gasteiger partial charge in [-0.15, -0.1) is 0 Å². The van der Waals surface area contributed by atoms with Crippen LogP contribution in [0.1, 0.15) is 12.2 Å². The Labute approximate surface area is 97.6 Å². The van der Waals surface area contributed by atoms with Crippen molar-refractivity contribution in [3.63, 3.8) is 0 Å². The summed E-state index contributed by atoms with van der Waals surface area (Å²) in [5.74, 6) is 0.571. The number of halogens is 3. The molecule has 1 N–H and O–H groups in total. The molecule has 6 heteroatoms. The summed E-state index contributed by atoms with van der Waals surface area (Å²) in [6.07, 6.45) is -2.01. The first kappa shape index (κ1) is 12.4. The molecule has 1 aromatic rings. The summed E-state index contributed by atoms with van der Waals surface area (Å²) < 4.78 is 43.8. The van der Waals surface area contributed by atoms with Crippen molar-refractivity contribution in [1.29, 1.82) is 0 Å². The Balaban J connectivity index is 2.09. The first-order valence-corrected chi connectivity index (χ1v) is 5.61. The van der Waals surface area contributed by atoms with Crippen LogP contribution in [0, 0.1) is 0 Å². The average molecular weight is 248 g/mol. The molecule has 0 amide bonds. The highest BCUT2D eigenvalue weighted by atomic mass is 19.4. The van der Waals surface area contributed by atoms with Gasteiger partial charge in [-0.25, -0.2) is 0 Å². The molecule has 1 atom stereocenters. The molecular weight excluding hydrogens is 233 g/mol. The van der Waals surface area contributed by atoms with Gasteiger partial charge in [0.15, 0.2) is 0 Å². The molecule has 0 bridgehead atoms. The van der Waals surface area contributed by atoms with Crippen molar-refractivity contribution in [2.24, 2.45) is 0 Å². The number of hydrogen-bond acceptors (Lipinski definition) is 3.